The molecule has 1 amide bonds. The molecule has 3 aromatic rings. The molecule has 1 heterocycles. The Morgan fingerprint density at radius 1 is 1.03 bits per heavy atom. The van der Waals surface area contributed by atoms with Crippen LogP contribution in [0.1, 0.15) is 24.8 Å². The molecule has 1 aromatic heterocycles. The summed E-state index contributed by atoms with van der Waals surface area (Å²) >= 11 is 0. The van der Waals surface area contributed by atoms with Crippen molar-refractivity contribution in [3.63, 3.8) is 0 Å². The molecular formula is C21H16F6N2O. The lowest BCUT2D eigenvalue weighted by Crippen LogP contribution is -2.47. The van der Waals surface area contributed by atoms with E-state index in [1.165, 1.54) is 24.3 Å². The first-order valence-corrected chi connectivity index (χ1v) is 9.23. The van der Waals surface area contributed by atoms with Crippen LogP contribution in [0.15, 0.2) is 36.4 Å². The molecule has 0 radical (unpaired) electrons. The van der Waals surface area contributed by atoms with Crippen molar-refractivity contribution in [2.24, 2.45) is 0 Å². The van der Waals surface area contributed by atoms with E-state index < -0.39 is 35.1 Å². The van der Waals surface area contributed by atoms with Crippen LogP contribution in [-0.4, -0.2) is 22.6 Å². The molecule has 0 unspecified atom stereocenters. The Kier molecular flexibility index (Phi) is 4.79. The number of hydrogen-bond acceptors (Lipinski definition) is 1. The summed E-state index contributed by atoms with van der Waals surface area (Å²) in [4.78, 5) is 15.0. The summed E-state index contributed by atoms with van der Waals surface area (Å²) < 4.78 is 80.5. The van der Waals surface area contributed by atoms with Crippen LogP contribution in [0.2, 0.25) is 0 Å². The van der Waals surface area contributed by atoms with Gasteiger partial charge in [0.2, 0.25) is 5.91 Å². The highest BCUT2D eigenvalue weighted by Gasteiger charge is 2.64. The molecule has 0 saturated heterocycles. The van der Waals surface area contributed by atoms with Gasteiger partial charge in [-0.15, -0.1) is 0 Å². The summed E-state index contributed by atoms with van der Waals surface area (Å²) in [5, 5.41) is 2.21. The van der Waals surface area contributed by atoms with Gasteiger partial charge < -0.3 is 10.3 Å². The Hall–Kier alpha value is -2.97. The molecule has 158 valence electrons. The smallest absolute Gasteiger partial charge is 0.352 e. The highest BCUT2D eigenvalue weighted by molar-refractivity contribution is 5.92. The van der Waals surface area contributed by atoms with Crippen molar-refractivity contribution >= 4 is 16.8 Å². The number of carbonyl (C=O) groups excluding carboxylic acids is 1. The van der Waals surface area contributed by atoms with E-state index in [4.69, 9.17) is 0 Å². The van der Waals surface area contributed by atoms with Crippen LogP contribution in [0.25, 0.3) is 22.2 Å². The Bertz CT molecular complexity index is 1110. The SMILES string of the molecule is O=C(CCc1c(-c2ccc(F)cc2)[nH]c2c(F)cc(F)cc12)NC1(C(F)(F)F)CC1. The van der Waals surface area contributed by atoms with Gasteiger partial charge in [-0.05, 0) is 60.7 Å². The van der Waals surface area contributed by atoms with Gasteiger partial charge in [-0.3, -0.25) is 4.79 Å². The monoisotopic (exact) mass is 426 g/mol. The summed E-state index contributed by atoms with van der Waals surface area (Å²) in [5.74, 6) is -2.97. The minimum atomic E-state index is -4.53. The quantitative estimate of drug-likeness (QED) is 0.528. The minimum Gasteiger partial charge on any atom is -0.352 e. The van der Waals surface area contributed by atoms with Crippen LogP contribution in [0, 0.1) is 17.5 Å². The van der Waals surface area contributed by atoms with Gasteiger partial charge >= 0.3 is 6.18 Å². The molecule has 2 aromatic carbocycles. The zero-order valence-electron chi connectivity index (χ0n) is 15.5. The fourth-order valence-corrected chi connectivity index (χ4v) is 3.57. The topological polar surface area (TPSA) is 44.9 Å². The second-order valence-electron chi connectivity index (χ2n) is 7.42. The van der Waals surface area contributed by atoms with Crippen molar-refractivity contribution in [3.05, 3.63) is 59.4 Å². The van der Waals surface area contributed by atoms with Crippen molar-refractivity contribution in [1.29, 1.82) is 0 Å². The predicted molar refractivity (Wildman–Crippen MR) is 98.1 cm³/mol. The van der Waals surface area contributed by atoms with E-state index in [9.17, 15) is 31.1 Å². The van der Waals surface area contributed by atoms with Gasteiger partial charge in [0.05, 0.1) is 5.52 Å². The van der Waals surface area contributed by atoms with Crippen molar-refractivity contribution in [2.75, 3.05) is 0 Å². The number of carbonyl (C=O) groups is 1. The van der Waals surface area contributed by atoms with Crippen molar-refractivity contribution in [1.82, 2.24) is 10.3 Å². The fraction of sp³-hybridized carbons (Fsp3) is 0.286. The van der Waals surface area contributed by atoms with Crippen LogP contribution >= 0.6 is 0 Å². The maximum absolute atomic E-state index is 14.2. The average Bonchev–Trinajstić information content (AvgIpc) is 3.35. The molecule has 1 fully saturated rings. The highest BCUT2D eigenvalue weighted by Crippen LogP contribution is 2.49. The lowest BCUT2D eigenvalue weighted by atomic mass is 10.0. The van der Waals surface area contributed by atoms with E-state index in [-0.39, 0.29) is 36.6 Å². The second-order valence-corrected chi connectivity index (χ2v) is 7.42. The van der Waals surface area contributed by atoms with Crippen LogP contribution in [0.3, 0.4) is 0 Å². The van der Waals surface area contributed by atoms with Crippen LogP contribution in [0.5, 0.6) is 0 Å². The Labute approximate surface area is 167 Å². The van der Waals surface area contributed by atoms with E-state index in [0.29, 0.717) is 22.9 Å². The zero-order valence-corrected chi connectivity index (χ0v) is 15.5. The largest absolute Gasteiger partial charge is 0.411 e. The number of H-pyrrole nitrogens is 1. The van der Waals surface area contributed by atoms with E-state index in [1.54, 1.807) is 0 Å². The third-order valence-electron chi connectivity index (χ3n) is 5.34. The number of benzene rings is 2. The molecule has 1 aliphatic rings. The van der Waals surface area contributed by atoms with Gasteiger partial charge in [0.15, 0.2) is 0 Å². The molecule has 0 bridgehead atoms. The lowest BCUT2D eigenvalue weighted by Gasteiger charge is -2.20. The van der Waals surface area contributed by atoms with E-state index >= 15 is 0 Å². The first kappa shape index (κ1) is 20.3. The number of amides is 1. The van der Waals surface area contributed by atoms with Gasteiger partial charge in [-0.2, -0.15) is 13.2 Å². The summed E-state index contributed by atoms with van der Waals surface area (Å²) in [6.45, 7) is 0. The number of fused-ring (bicyclic) bond motifs is 1. The standard InChI is InChI=1S/C21H16F6N2O/c22-12-3-1-11(2-4-12)18-14(15-9-13(23)10-16(24)19(15)28-18)5-6-17(30)29-20(7-8-20)21(25,26)27/h1-4,9-10,28H,5-8H2,(H,29,30). The van der Waals surface area contributed by atoms with Gasteiger partial charge in [0.25, 0.3) is 0 Å². The Morgan fingerprint density at radius 3 is 2.30 bits per heavy atom. The summed E-state index contributed by atoms with van der Waals surface area (Å²) in [6.07, 6.45) is -5.25. The normalized spacial score (nSPS) is 15.4. The molecule has 1 saturated carbocycles. The van der Waals surface area contributed by atoms with Gasteiger partial charge in [0, 0.05) is 23.6 Å². The number of rotatable bonds is 5. The third-order valence-corrected chi connectivity index (χ3v) is 5.34. The van der Waals surface area contributed by atoms with Gasteiger partial charge in [-0.25, -0.2) is 13.2 Å². The highest BCUT2D eigenvalue weighted by atomic mass is 19.4. The number of nitrogens with one attached hydrogen (secondary N) is 2. The lowest BCUT2D eigenvalue weighted by molar-refractivity contribution is -0.170. The number of aromatic amines is 1. The molecule has 0 aliphatic heterocycles. The summed E-state index contributed by atoms with van der Waals surface area (Å²) in [5.41, 5.74) is -0.999. The maximum Gasteiger partial charge on any atom is 0.411 e. The van der Waals surface area contributed by atoms with Gasteiger partial charge in [0.1, 0.15) is 23.0 Å². The number of hydrogen-bond donors (Lipinski definition) is 2. The average molecular weight is 426 g/mol. The maximum atomic E-state index is 14.2. The predicted octanol–water partition coefficient (Wildman–Crippen LogP) is 5.40. The zero-order chi connectivity index (χ0) is 21.7. The minimum absolute atomic E-state index is 0.0000814. The molecule has 30 heavy (non-hydrogen) atoms. The van der Waals surface area contributed by atoms with Crippen LogP contribution in [-0.2, 0) is 11.2 Å². The fourth-order valence-electron chi connectivity index (χ4n) is 3.57. The Morgan fingerprint density at radius 2 is 1.70 bits per heavy atom. The Balaban J connectivity index is 1.66. The van der Waals surface area contributed by atoms with E-state index in [1.807, 2.05) is 5.32 Å². The molecule has 9 heteroatoms. The van der Waals surface area contributed by atoms with Crippen molar-refractivity contribution in [2.45, 2.75) is 37.4 Å². The van der Waals surface area contributed by atoms with Gasteiger partial charge in [-0.1, -0.05) is 0 Å². The molecule has 2 N–H and O–H groups in total. The molecule has 1 aliphatic carbocycles. The van der Waals surface area contributed by atoms with Crippen LogP contribution in [0.4, 0.5) is 26.3 Å². The first-order valence-electron chi connectivity index (χ1n) is 9.23. The third kappa shape index (κ3) is 3.64. The van der Waals surface area contributed by atoms with Crippen LogP contribution < -0.4 is 5.32 Å². The number of alkyl halides is 3. The molecule has 4 rings (SSSR count). The number of aryl methyl sites for hydroxylation is 1. The van der Waals surface area contributed by atoms with Crippen molar-refractivity contribution in [3.8, 4) is 11.3 Å². The van der Waals surface area contributed by atoms with E-state index in [0.717, 1.165) is 6.07 Å². The number of aromatic nitrogens is 1. The summed E-state index contributed by atoms with van der Waals surface area (Å²) in [7, 11) is 0. The van der Waals surface area contributed by atoms with E-state index in [2.05, 4.69) is 4.98 Å². The summed E-state index contributed by atoms with van der Waals surface area (Å²) in [6, 6.07) is 7.03. The second kappa shape index (κ2) is 7.07. The number of halogens is 6. The molecule has 0 spiro atoms. The molecule has 3 nitrogen and oxygen atoms in total. The van der Waals surface area contributed by atoms with Crippen molar-refractivity contribution < 1.29 is 31.1 Å². The molecular weight excluding hydrogens is 410 g/mol. The first-order chi connectivity index (χ1) is 14.1. The molecule has 0 atom stereocenters.